The number of hydrogen-bond acceptors (Lipinski definition) is 4. The molecule has 0 aromatic carbocycles. The summed E-state index contributed by atoms with van der Waals surface area (Å²) >= 11 is 0. The summed E-state index contributed by atoms with van der Waals surface area (Å²) < 4.78 is 0. The van der Waals surface area contributed by atoms with Crippen molar-refractivity contribution in [3.05, 3.63) is 0 Å². The molecule has 1 atom stereocenters. The SMILES string of the molecule is CCCC(NCC(=O)NC(=O)NCC(C)C)C(=O)O. The third-order valence-corrected chi connectivity index (χ3v) is 2.31. The molecule has 0 saturated carbocycles. The molecule has 0 radical (unpaired) electrons. The summed E-state index contributed by atoms with van der Waals surface area (Å²) in [6.07, 6.45) is 1.13. The highest BCUT2D eigenvalue weighted by Gasteiger charge is 2.17. The molecule has 0 fully saturated rings. The van der Waals surface area contributed by atoms with Crippen LogP contribution in [0.2, 0.25) is 0 Å². The molecule has 0 aliphatic carbocycles. The first-order chi connectivity index (χ1) is 8.86. The van der Waals surface area contributed by atoms with E-state index in [4.69, 9.17) is 5.11 Å². The molecule has 4 N–H and O–H groups in total. The summed E-state index contributed by atoms with van der Waals surface area (Å²) in [7, 11) is 0. The highest BCUT2D eigenvalue weighted by atomic mass is 16.4. The van der Waals surface area contributed by atoms with Gasteiger partial charge in [-0.15, -0.1) is 0 Å². The summed E-state index contributed by atoms with van der Waals surface area (Å²) in [6.45, 7) is 6.00. The van der Waals surface area contributed by atoms with Crippen LogP contribution in [0.3, 0.4) is 0 Å². The zero-order valence-corrected chi connectivity index (χ0v) is 11.7. The lowest BCUT2D eigenvalue weighted by Gasteiger charge is -2.13. The van der Waals surface area contributed by atoms with Crippen LogP contribution < -0.4 is 16.0 Å². The number of rotatable bonds is 8. The molecular formula is C12H23N3O4. The average Bonchev–Trinajstić information content (AvgIpc) is 2.31. The Balaban J connectivity index is 3.96. The lowest BCUT2D eigenvalue weighted by atomic mass is 10.2. The number of nitrogens with one attached hydrogen (secondary N) is 3. The van der Waals surface area contributed by atoms with Crippen molar-refractivity contribution >= 4 is 17.9 Å². The Morgan fingerprint density at radius 1 is 1.21 bits per heavy atom. The van der Waals surface area contributed by atoms with Crippen molar-refractivity contribution in [1.29, 1.82) is 0 Å². The molecule has 7 nitrogen and oxygen atoms in total. The van der Waals surface area contributed by atoms with E-state index in [2.05, 4.69) is 16.0 Å². The third-order valence-electron chi connectivity index (χ3n) is 2.31. The van der Waals surface area contributed by atoms with Gasteiger partial charge in [-0.3, -0.25) is 20.2 Å². The number of amides is 3. The first-order valence-corrected chi connectivity index (χ1v) is 6.40. The van der Waals surface area contributed by atoms with E-state index in [1.807, 2.05) is 20.8 Å². The van der Waals surface area contributed by atoms with Crippen molar-refractivity contribution in [2.24, 2.45) is 5.92 Å². The van der Waals surface area contributed by atoms with E-state index in [9.17, 15) is 14.4 Å². The molecule has 1 unspecified atom stereocenters. The third kappa shape index (κ3) is 9.01. The average molecular weight is 273 g/mol. The number of aliphatic carboxylic acids is 1. The molecule has 3 amide bonds. The van der Waals surface area contributed by atoms with Gasteiger partial charge in [-0.2, -0.15) is 0 Å². The van der Waals surface area contributed by atoms with Crippen molar-refractivity contribution in [2.45, 2.75) is 39.7 Å². The second-order valence-corrected chi connectivity index (χ2v) is 4.71. The predicted molar refractivity (Wildman–Crippen MR) is 70.7 cm³/mol. The summed E-state index contributed by atoms with van der Waals surface area (Å²) in [5, 5.41) is 16.1. The van der Waals surface area contributed by atoms with Gasteiger partial charge in [-0.25, -0.2) is 4.79 Å². The smallest absolute Gasteiger partial charge is 0.321 e. The van der Waals surface area contributed by atoms with Gasteiger partial charge < -0.3 is 10.4 Å². The van der Waals surface area contributed by atoms with Crippen molar-refractivity contribution < 1.29 is 19.5 Å². The van der Waals surface area contributed by atoms with Crippen molar-refractivity contribution in [3.8, 4) is 0 Å². The van der Waals surface area contributed by atoms with Gasteiger partial charge in [0.2, 0.25) is 5.91 Å². The molecule has 19 heavy (non-hydrogen) atoms. The van der Waals surface area contributed by atoms with E-state index in [-0.39, 0.29) is 6.54 Å². The maximum atomic E-state index is 11.4. The minimum Gasteiger partial charge on any atom is -0.480 e. The zero-order valence-electron chi connectivity index (χ0n) is 11.7. The minimum absolute atomic E-state index is 0.202. The Morgan fingerprint density at radius 3 is 2.32 bits per heavy atom. The highest BCUT2D eigenvalue weighted by molar-refractivity contribution is 5.95. The van der Waals surface area contributed by atoms with Gasteiger partial charge in [-0.05, 0) is 12.3 Å². The Hall–Kier alpha value is -1.63. The van der Waals surface area contributed by atoms with E-state index in [0.717, 1.165) is 0 Å². The summed E-state index contributed by atoms with van der Waals surface area (Å²) in [4.78, 5) is 33.5. The maximum Gasteiger partial charge on any atom is 0.321 e. The second kappa shape index (κ2) is 9.32. The first kappa shape index (κ1) is 17.4. The van der Waals surface area contributed by atoms with Crippen LogP contribution in [0.1, 0.15) is 33.6 Å². The molecular weight excluding hydrogens is 250 g/mol. The first-order valence-electron chi connectivity index (χ1n) is 6.40. The van der Waals surface area contributed by atoms with Gasteiger partial charge in [0.1, 0.15) is 6.04 Å². The molecule has 0 bridgehead atoms. The van der Waals surface area contributed by atoms with Gasteiger partial charge >= 0.3 is 12.0 Å². The summed E-state index contributed by atoms with van der Waals surface area (Å²) in [6, 6.07) is -1.34. The Morgan fingerprint density at radius 2 is 1.84 bits per heavy atom. The lowest BCUT2D eigenvalue weighted by Crippen LogP contribution is -2.47. The van der Waals surface area contributed by atoms with Gasteiger partial charge in [0, 0.05) is 6.54 Å². The summed E-state index contributed by atoms with van der Waals surface area (Å²) in [5.74, 6) is -1.26. The quantitative estimate of drug-likeness (QED) is 0.509. The number of carbonyl (C=O) groups is 3. The van der Waals surface area contributed by atoms with E-state index in [0.29, 0.717) is 25.3 Å². The highest BCUT2D eigenvalue weighted by Crippen LogP contribution is 1.95. The monoisotopic (exact) mass is 273 g/mol. The molecule has 0 aromatic heterocycles. The normalized spacial score (nSPS) is 12.0. The molecule has 0 aromatic rings. The molecule has 0 aliphatic rings. The number of imide groups is 1. The Bertz CT molecular complexity index is 318. The van der Waals surface area contributed by atoms with Crippen LogP contribution in [0.5, 0.6) is 0 Å². The van der Waals surface area contributed by atoms with Crippen LogP contribution in [0, 0.1) is 5.92 Å². The largest absolute Gasteiger partial charge is 0.480 e. The van der Waals surface area contributed by atoms with Gasteiger partial charge in [0.15, 0.2) is 0 Å². The van der Waals surface area contributed by atoms with Gasteiger partial charge in [-0.1, -0.05) is 27.2 Å². The number of carboxylic acids is 1. The maximum absolute atomic E-state index is 11.4. The fourth-order valence-electron chi connectivity index (χ4n) is 1.33. The number of carbonyl (C=O) groups excluding carboxylic acids is 2. The Kier molecular flexibility index (Phi) is 8.52. The standard InChI is InChI=1S/C12H23N3O4/c1-4-5-9(11(17)18)13-7-10(16)15-12(19)14-6-8(2)3/h8-9,13H,4-7H2,1-3H3,(H,17,18)(H2,14,15,16,19). The van der Waals surface area contributed by atoms with Crippen molar-refractivity contribution in [2.75, 3.05) is 13.1 Å². The number of hydrogen-bond donors (Lipinski definition) is 4. The van der Waals surface area contributed by atoms with Crippen LogP contribution in [0.15, 0.2) is 0 Å². The Labute approximate surface area is 113 Å². The van der Waals surface area contributed by atoms with Crippen LogP contribution >= 0.6 is 0 Å². The van der Waals surface area contributed by atoms with E-state index in [1.165, 1.54) is 0 Å². The van der Waals surface area contributed by atoms with E-state index >= 15 is 0 Å². The molecule has 0 saturated heterocycles. The van der Waals surface area contributed by atoms with E-state index < -0.39 is 23.9 Å². The number of urea groups is 1. The van der Waals surface area contributed by atoms with Crippen LogP contribution in [-0.4, -0.2) is 42.1 Å². The summed E-state index contributed by atoms with van der Waals surface area (Å²) in [5.41, 5.74) is 0. The fraction of sp³-hybridized carbons (Fsp3) is 0.750. The lowest BCUT2D eigenvalue weighted by molar-refractivity contribution is -0.139. The minimum atomic E-state index is -1.00. The van der Waals surface area contributed by atoms with Crippen molar-refractivity contribution in [1.82, 2.24) is 16.0 Å². The van der Waals surface area contributed by atoms with Crippen LogP contribution in [0.4, 0.5) is 4.79 Å². The molecule has 0 heterocycles. The van der Waals surface area contributed by atoms with Crippen molar-refractivity contribution in [3.63, 3.8) is 0 Å². The van der Waals surface area contributed by atoms with Crippen LogP contribution in [0.25, 0.3) is 0 Å². The van der Waals surface area contributed by atoms with E-state index in [1.54, 1.807) is 0 Å². The second-order valence-electron chi connectivity index (χ2n) is 4.71. The van der Waals surface area contributed by atoms with Gasteiger partial charge in [0.05, 0.1) is 6.54 Å². The molecule has 0 spiro atoms. The van der Waals surface area contributed by atoms with Crippen LogP contribution in [-0.2, 0) is 9.59 Å². The molecule has 0 aliphatic heterocycles. The number of carboxylic acid groups (broad SMARTS) is 1. The topological polar surface area (TPSA) is 108 Å². The fourth-order valence-corrected chi connectivity index (χ4v) is 1.33. The molecule has 0 rings (SSSR count). The van der Waals surface area contributed by atoms with Gasteiger partial charge in [0.25, 0.3) is 0 Å². The molecule has 7 heteroatoms. The zero-order chi connectivity index (χ0) is 14.8. The molecule has 110 valence electrons. The predicted octanol–water partition coefficient (Wildman–Crippen LogP) is 0.311.